The number of aromatic nitrogens is 2. The lowest BCUT2D eigenvalue weighted by atomic mass is 10.2. The molecule has 2 aromatic heterocycles. The third kappa shape index (κ3) is 2.29. The molecule has 4 nitrogen and oxygen atoms in total. The Balaban J connectivity index is 1.95. The molecule has 4 rings (SSSR count). The van der Waals surface area contributed by atoms with Gasteiger partial charge in [-0.15, -0.1) is 0 Å². The average Bonchev–Trinajstić information content (AvgIpc) is 3.06. The molecule has 0 aliphatic heterocycles. The highest BCUT2D eigenvalue weighted by atomic mass is 35.5. The molecular formula is C17H11ClN2O2S. The number of ether oxygens (including phenoxy) is 1. The Bertz CT molecular complexity index is 1150. The summed E-state index contributed by atoms with van der Waals surface area (Å²) < 4.78 is 7.49. The lowest BCUT2D eigenvalue weighted by Crippen LogP contribution is -2.22. The first-order chi connectivity index (χ1) is 11.2. The Morgan fingerprint density at radius 2 is 2.09 bits per heavy atom. The molecule has 0 amide bonds. The van der Waals surface area contributed by atoms with E-state index in [1.54, 1.807) is 17.6 Å². The van der Waals surface area contributed by atoms with Crippen LogP contribution in [0.4, 0.5) is 0 Å². The maximum atomic E-state index is 12.7. The van der Waals surface area contributed by atoms with Crippen molar-refractivity contribution in [3.05, 3.63) is 67.9 Å². The van der Waals surface area contributed by atoms with Crippen LogP contribution in [0, 0.1) is 0 Å². The van der Waals surface area contributed by atoms with E-state index in [-0.39, 0.29) is 5.56 Å². The number of para-hydroxylation sites is 2. The Hall–Kier alpha value is -2.37. The summed E-state index contributed by atoms with van der Waals surface area (Å²) in [5.41, 5.74) is 2.46. The second-order valence-corrected chi connectivity index (χ2v) is 6.44. The summed E-state index contributed by atoms with van der Waals surface area (Å²) in [4.78, 5) is 17.9. The largest absolute Gasteiger partial charge is 0.495 e. The van der Waals surface area contributed by atoms with Gasteiger partial charge in [0.1, 0.15) is 5.75 Å². The van der Waals surface area contributed by atoms with Gasteiger partial charge < -0.3 is 4.74 Å². The zero-order chi connectivity index (χ0) is 16.0. The van der Waals surface area contributed by atoms with Crippen LogP contribution >= 0.6 is 22.9 Å². The van der Waals surface area contributed by atoms with E-state index in [2.05, 4.69) is 4.98 Å². The van der Waals surface area contributed by atoms with E-state index in [1.807, 2.05) is 42.5 Å². The number of nitrogens with zero attached hydrogens (tertiary/aromatic N) is 2. The van der Waals surface area contributed by atoms with Crippen LogP contribution in [0.5, 0.6) is 5.75 Å². The minimum Gasteiger partial charge on any atom is -0.495 e. The molecule has 0 radical (unpaired) electrons. The number of rotatable bonds is 2. The predicted molar refractivity (Wildman–Crippen MR) is 93.6 cm³/mol. The number of thiazole rings is 1. The zero-order valence-corrected chi connectivity index (χ0v) is 13.7. The SMILES string of the molecule is COc1cc(/C=c2/sc3nc4ccccc4n3c2=O)ccc1Cl. The molecular weight excluding hydrogens is 332 g/mol. The minimum atomic E-state index is -0.0624. The highest BCUT2D eigenvalue weighted by Gasteiger charge is 2.10. The summed E-state index contributed by atoms with van der Waals surface area (Å²) in [7, 11) is 1.56. The molecule has 0 bridgehead atoms. The highest BCUT2D eigenvalue weighted by molar-refractivity contribution is 7.15. The van der Waals surface area contributed by atoms with Gasteiger partial charge in [0, 0.05) is 0 Å². The molecule has 0 atom stereocenters. The molecule has 4 aromatic rings. The van der Waals surface area contributed by atoms with Crippen molar-refractivity contribution in [2.75, 3.05) is 7.11 Å². The normalized spacial score (nSPS) is 12.3. The molecule has 0 aliphatic rings. The van der Waals surface area contributed by atoms with E-state index in [4.69, 9.17) is 16.3 Å². The minimum absolute atomic E-state index is 0.0624. The zero-order valence-electron chi connectivity index (χ0n) is 12.1. The van der Waals surface area contributed by atoms with E-state index >= 15 is 0 Å². The molecule has 23 heavy (non-hydrogen) atoms. The van der Waals surface area contributed by atoms with Gasteiger partial charge in [-0.2, -0.15) is 0 Å². The number of hydrogen-bond donors (Lipinski definition) is 0. The Labute approximate surface area is 140 Å². The second-order valence-electron chi connectivity index (χ2n) is 5.03. The summed E-state index contributed by atoms with van der Waals surface area (Å²) in [6, 6.07) is 13.0. The Morgan fingerprint density at radius 3 is 2.91 bits per heavy atom. The predicted octanol–water partition coefficient (Wildman–Crippen LogP) is 3.12. The topological polar surface area (TPSA) is 43.6 Å². The number of halogens is 1. The van der Waals surface area contributed by atoms with Crippen molar-refractivity contribution in [1.82, 2.24) is 9.38 Å². The van der Waals surface area contributed by atoms with Gasteiger partial charge in [-0.05, 0) is 35.9 Å². The van der Waals surface area contributed by atoms with E-state index < -0.39 is 0 Å². The fraction of sp³-hybridized carbons (Fsp3) is 0.0588. The van der Waals surface area contributed by atoms with Crippen molar-refractivity contribution in [3.63, 3.8) is 0 Å². The van der Waals surface area contributed by atoms with Gasteiger partial charge in [0.2, 0.25) is 0 Å². The number of hydrogen-bond acceptors (Lipinski definition) is 4. The number of benzene rings is 2. The van der Waals surface area contributed by atoms with Crippen LogP contribution in [0.25, 0.3) is 22.1 Å². The van der Waals surface area contributed by atoms with Crippen molar-refractivity contribution in [2.45, 2.75) is 0 Å². The highest BCUT2D eigenvalue weighted by Crippen LogP contribution is 2.25. The van der Waals surface area contributed by atoms with Crippen molar-refractivity contribution < 1.29 is 4.74 Å². The van der Waals surface area contributed by atoms with Crippen LogP contribution in [0.2, 0.25) is 5.02 Å². The molecule has 0 aliphatic carbocycles. The standard InChI is InChI=1S/C17H11ClN2O2S/c1-22-14-8-10(6-7-11(14)18)9-15-16(21)20-13-5-3-2-4-12(13)19-17(20)23-15/h2-9H,1H3/b15-9+. The molecule has 2 heterocycles. The fourth-order valence-corrected chi connectivity index (χ4v) is 3.71. The van der Waals surface area contributed by atoms with Crippen molar-refractivity contribution in [3.8, 4) is 5.75 Å². The lowest BCUT2D eigenvalue weighted by Gasteiger charge is -2.02. The molecule has 0 spiro atoms. The van der Waals surface area contributed by atoms with Gasteiger partial charge in [0.05, 0.1) is 27.7 Å². The summed E-state index contributed by atoms with van der Waals surface area (Å²) in [5, 5.41) is 0.541. The average molecular weight is 343 g/mol. The first-order valence-electron chi connectivity index (χ1n) is 6.92. The van der Waals surface area contributed by atoms with Gasteiger partial charge in [-0.3, -0.25) is 4.79 Å². The van der Waals surface area contributed by atoms with Crippen molar-refractivity contribution >= 4 is 45.0 Å². The van der Waals surface area contributed by atoms with E-state index in [9.17, 15) is 4.79 Å². The Morgan fingerprint density at radius 1 is 1.26 bits per heavy atom. The molecule has 114 valence electrons. The van der Waals surface area contributed by atoms with Crippen LogP contribution in [0.3, 0.4) is 0 Å². The van der Waals surface area contributed by atoms with Crippen LogP contribution in [-0.2, 0) is 0 Å². The summed E-state index contributed by atoms with van der Waals surface area (Å²) in [6.45, 7) is 0. The molecule has 2 aromatic carbocycles. The van der Waals surface area contributed by atoms with Gasteiger partial charge in [-0.1, -0.05) is 41.1 Å². The van der Waals surface area contributed by atoms with Gasteiger partial charge in [-0.25, -0.2) is 9.38 Å². The van der Waals surface area contributed by atoms with Gasteiger partial charge >= 0.3 is 0 Å². The molecule has 6 heteroatoms. The van der Waals surface area contributed by atoms with Crippen LogP contribution in [-0.4, -0.2) is 16.5 Å². The van der Waals surface area contributed by atoms with Crippen LogP contribution < -0.4 is 14.8 Å². The van der Waals surface area contributed by atoms with Gasteiger partial charge in [0.15, 0.2) is 4.96 Å². The molecule has 0 saturated heterocycles. The number of imidazole rings is 1. The molecule has 0 N–H and O–H groups in total. The molecule has 0 unspecified atom stereocenters. The summed E-state index contributed by atoms with van der Waals surface area (Å²) in [5.74, 6) is 0.583. The molecule has 0 fully saturated rings. The van der Waals surface area contributed by atoms with Gasteiger partial charge in [0.25, 0.3) is 5.56 Å². The van der Waals surface area contributed by atoms with E-state index in [0.717, 1.165) is 16.6 Å². The maximum absolute atomic E-state index is 12.7. The third-order valence-corrected chi connectivity index (χ3v) is 4.90. The first-order valence-corrected chi connectivity index (χ1v) is 8.12. The monoisotopic (exact) mass is 342 g/mol. The van der Waals surface area contributed by atoms with Crippen LogP contribution in [0.15, 0.2) is 47.3 Å². The summed E-state index contributed by atoms with van der Waals surface area (Å²) in [6.07, 6.45) is 1.83. The fourth-order valence-electron chi connectivity index (χ4n) is 2.53. The molecule has 0 saturated carbocycles. The smallest absolute Gasteiger partial charge is 0.274 e. The Kier molecular flexibility index (Phi) is 3.32. The summed E-state index contributed by atoms with van der Waals surface area (Å²) >= 11 is 7.40. The van der Waals surface area contributed by atoms with E-state index in [1.165, 1.54) is 11.3 Å². The second kappa shape index (κ2) is 5.37. The van der Waals surface area contributed by atoms with Crippen molar-refractivity contribution in [2.24, 2.45) is 0 Å². The third-order valence-electron chi connectivity index (χ3n) is 3.62. The quantitative estimate of drug-likeness (QED) is 0.562. The maximum Gasteiger partial charge on any atom is 0.274 e. The number of methoxy groups -OCH3 is 1. The van der Waals surface area contributed by atoms with Crippen LogP contribution in [0.1, 0.15) is 5.56 Å². The lowest BCUT2D eigenvalue weighted by molar-refractivity contribution is 0.415. The van der Waals surface area contributed by atoms with Crippen molar-refractivity contribution in [1.29, 1.82) is 0 Å². The number of fused-ring (bicyclic) bond motifs is 3. The van der Waals surface area contributed by atoms with E-state index in [0.29, 0.717) is 20.3 Å². The first kappa shape index (κ1) is 14.2.